The summed E-state index contributed by atoms with van der Waals surface area (Å²) in [6.45, 7) is 0. The molecule has 31 heavy (non-hydrogen) atoms. The van der Waals surface area contributed by atoms with Gasteiger partial charge >= 0.3 is 0 Å². The van der Waals surface area contributed by atoms with Crippen LogP contribution in [0.4, 0.5) is 0 Å². The van der Waals surface area contributed by atoms with E-state index >= 15 is 0 Å². The number of ketones is 1. The first-order valence-electron chi connectivity index (χ1n) is 9.53. The molecule has 4 rings (SSSR count). The number of phenolic OH excluding ortho intramolecular Hbond substituents is 1. The Morgan fingerprint density at radius 2 is 1.71 bits per heavy atom. The fourth-order valence-corrected chi connectivity index (χ4v) is 4.23. The summed E-state index contributed by atoms with van der Waals surface area (Å²) in [5, 5.41) is 17.0. The predicted octanol–water partition coefficient (Wildman–Crippen LogP) is 4.98. The van der Waals surface area contributed by atoms with Crippen LogP contribution in [0.5, 0.6) is 11.5 Å². The number of rotatable bonds is 5. The fraction of sp³-hybridized carbons (Fsp3) is 0.0833. The number of benzene rings is 3. The van der Waals surface area contributed by atoms with Crippen LogP contribution in [0.25, 0.3) is 5.70 Å². The second kappa shape index (κ2) is 8.91. The highest BCUT2D eigenvalue weighted by Gasteiger charge is 2.33. The molecule has 1 atom stereocenters. The number of phenols is 1. The average molecular weight is 495 g/mol. The zero-order chi connectivity index (χ0) is 22.0. The second-order valence-electron chi connectivity index (χ2n) is 6.93. The maximum Gasteiger partial charge on any atom is 0.193 e. The molecule has 0 fully saturated rings. The number of methoxy groups -OCH3 is 1. The molecule has 1 aliphatic heterocycles. The van der Waals surface area contributed by atoms with Crippen LogP contribution >= 0.6 is 28.1 Å². The predicted molar refractivity (Wildman–Crippen MR) is 128 cm³/mol. The summed E-state index contributed by atoms with van der Waals surface area (Å²) in [5.74, 6) is 0.157. The van der Waals surface area contributed by atoms with Gasteiger partial charge in [0.25, 0.3) is 0 Å². The quantitative estimate of drug-likeness (QED) is 0.343. The molecular formula is C24H19BrN2O3S. The normalized spacial score (nSPS) is 15.8. The van der Waals surface area contributed by atoms with Gasteiger partial charge in [0.05, 0.1) is 28.9 Å². The van der Waals surface area contributed by atoms with Crippen molar-refractivity contribution in [3.8, 4) is 11.5 Å². The minimum Gasteiger partial charge on any atom is -0.503 e. The molecule has 3 aromatic rings. The van der Waals surface area contributed by atoms with Crippen LogP contribution in [-0.4, -0.2) is 23.1 Å². The smallest absolute Gasteiger partial charge is 0.193 e. The molecule has 5 nitrogen and oxygen atoms in total. The highest BCUT2D eigenvalue weighted by atomic mass is 79.9. The van der Waals surface area contributed by atoms with Crippen LogP contribution in [0, 0.1) is 0 Å². The Morgan fingerprint density at radius 3 is 2.35 bits per heavy atom. The van der Waals surface area contributed by atoms with Crippen LogP contribution in [0.15, 0.2) is 82.8 Å². The summed E-state index contributed by atoms with van der Waals surface area (Å²) in [6.07, 6.45) is 0. The Labute approximate surface area is 193 Å². The largest absolute Gasteiger partial charge is 0.503 e. The molecule has 0 saturated heterocycles. The molecule has 0 saturated carbocycles. The van der Waals surface area contributed by atoms with Gasteiger partial charge in [-0.1, -0.05) is 60.7 Å². The van der Waals surface area contributed by atoms with E-state index in [0.717, 1.165) is 11.1 Å². The number of carbonyl (C=O) groups excluding carboxylic acids is 1. The third-order valence-electron chi connectivity index (χ3n) is 5.02. The molecule has 3 N–H and O–H groups in total. The Balaban J connectivity index is 1.96. The summed E-state index contributed by atoms with van der Waals surface area (Å²) in [7, 11) is 1.48. The van der Waals surface area contributed by atoms with Crippen molar-refractivity contribution in [2.45, 2.75) is 6.04 Å². The maximum absolute atomic E-state index is 13.7. The summed E-state index contributed by atoms with van der Waals surface area (Å²) in [4.78, 5) is 13.7. The first-order chi connectivity index (χ1) is 15.0. The van der Waals surface area contributed by atoms with Gasteiger partial charge in [0.15, 0.2) is 22.4 Å². The van der Waals surface area contributed by atoms with Crippen molar-refractivity contribution < 1.29 is 14.6 Å². The number of aromatic hydroxyl groups is 1. The number of nitrogens with one attached hydrogen (secondary N) is 2. The summed E-state index contributed by atoms with van der Waals surface area (Å²) < 4.78 is 5.78. The van der Waals surface area contributed by atoms with Crippen molar-refractivity contribution in [2.75, 3.05) is 7.11 Å². The number of hydrogen-bond donors (Lipinski definition) is 3. The monoisotopic (exact) mass is 494 g/mol. The lowest BCUT2D eigenvalue weighted by atomic mass is 9.87. The third-order valence-corrected chi connectivity index (χ3v) is 5.84. The van der Waals surface area contributed by atoms with Gasteiger partial charge in [0.2, 0.25) is 0 Å². The van der Waals surface area contributed by atoms with Crippen molar-refractivity contribution in [1.29, 1.82) is 0 Å². The number of hydrogen-bond acceptors (Lipinski definition) is 4. The summed E-state index contributed by atoms with van der Waals surface area (Å²) in [5.41, 5.74) is 3.30. The van der Waals surface area contributed by atoms with Gasteiger partial charge in [-0.3, -0.25) is 4.79 Å². The van der Waals surface area contributed by atoms with E-state index in [0.29, 0.717) is 32.2 Å². The number of thiocarbonyl (C=S) groups is 1. The lowest BCUT2D eigenvalue weighted by Gasteiger charge is -2.32. The van der Waals surface area contributed by atoms with Crippen LogP contribution in [-0.2, 0) is 0 Å². The number of carbonyl (C=O) groups is 1. The molecule has 0 aliphatic carbocycles. The van der Waals surface area contributed by atoms with E-state index in [-0.39, 0.29) is 11.5 Å². The lowest BCUT2D eigenvalue weighted by molar-refractivity contribution is 0.102. The van der Waals surface area contributed by atoms with Gasteiger partial charge in [-0.05, 0) is 51.4 Å². The van der Waals surface area contributed by atoms with E-state index in [1.54, 1.807) is 24.3 Å². The molecule has 1 heterocycles. The van der Waals surface area contributed by atoms with Gasteiger partial charge in [-0.15, -0.1) is 0 Å². The SMILES string of the molecule is COc1cc([C@@H]2NC(=S)NC(c3ccccc3)=C2C(=O)c2ccccc2)cc(Br)c1O. The molecule has 0 bridgehead atoms. The molecular weight excluding hydrogens is 476 g/mol. The van der Waals surface area contributed by atoms with E-state index in [9.17, 15) is 9.90 Å². The Morgan fingerprint density at radius 1 is 1.06 bits per heavy atom. The van der Waals surface area contributed by atoms with E-state index in [2.05, 4.69) is 26.6 Å². The van der Waals surface area contributed by atoms with E-state index < -0.39 is 6.04 Å². The van der Waals surface area contributed by atoms with Gasteiger partial charge in [0, 0.05) is 5.56 Å². The van der Waals surface area contributed by atoms with Gasteiger partial charge < -0.3 is 20.5 Å². The van der Waals surface area contributed by atoms with E-state index in [1.807, 2.05) is 48.5 Å². The van der Waals surface area contributed by atoms with Gasteiger partial charge in [0.1, 0.15) is 0 Å². The molecule has 0 aromatic heterocycles. The highest BCUT2D eigenvalue weighted by Crippen LogP contribution is 2.40. The molecule has 3 aromatic carbocycles. The average Bonchev–Trinajstić information content (AvgIpc) is 2.81. The first kappa shape index (κ1) is 21.1. The molecule has 0 amide bonds. The van der Waals surface area contributed by atoms with Crippen molar-refractivity contribution in [3.63, 3.8) is 0 Å². The van der Waals surface area contributed by atoms with Gasteiger partial charge in [-0.2, -0.15) is 0 Å². The van der Waals surface area contributed by atoms with Crippen molar-refractivity contribution in [2.24, 2.45) is 0 Å². The number of ether oxygens (including phenoxy) is 1. The lowest BCUT2D eigenvalue weighted by Crippen LogP contribution is -2.45. The molecule has 7 heteroatoms. The fourth-order valence-electron chi connectivity index (χ4n) is 3.55. The van der Waals surface area contributed by atoms with Crippen molar-refractivity contribution >= 4 is 44.7 Å². The minimum atomic E-state index is -0.553. The van der Waals surface area contributed by atoms with Crippen LogP contribution in [0.1, 0.15) is 27.5 Å². The third kappa shape index (κ3) is 4.19. The minimum absolute atomic E-state index is 0.00837. The summed E-state index contributed by atoms with van der Waals surface area (Å²) in [6, 6.07) is 21.6. The Hall–Kier alpha value is -3.16. The Bertz CT molecular complexity index is 1180. The van der Waals surface area contributed by atoms with E-state index in [4.69, 9.17) is 17.0 Å². The Kier molecular flexibility index (Phi) is 6.06. The van der Waals surface area contributed by atoms with Crippen LogP contribution in [0.2, 0.25) is 0 Å². The number of Topliss-reactive ketones (excluding diaryl/α,β-unsaturated/α-hetero) is 1. The first-order valence-corrected chi connectivity index (χ1v) is 10.7. The number of halogens is 1. The van der Waals surface area contributed by atoms with Crippen molar-refractivity contribution in [1.82, 2.24) is 10.6 Å². The van der Waals surface area contributed by atoms with E-state index in [1.165, 1.54) is 7.11 Å². The van der Waals surface area contributed by atoms with Gasteiger partial charge in [-0.25, -0.2) is 0 Å². The molecule has 0 unspecified atom stereocenters. The zero-order valence-corrected chi connectivity index (χ0v) is 19.0. The maximum atomic E-state index is 13.7. The topological polar surface area (TPSA) is 70.6 Å². The second-order valence-corrected chi connectivity index (χ2v) is 8.20. The summed E-state index contributed by atoms with van der Waals surface area (Å²) >= 11 is 8.85. The molecule has 0 radical (unpaired) electrons. The van der Waals surface area contributed by atoms with Crippen molar-refractivity contribution in [3.05, 3.63) is 99.5 Å². The zero-order valence-electron chi connectivity index (χ0n) is 16.6. The highest BCUT2D eigenvalue weighted by molar-refractivity contribution is 9.10. The molecule has 156 valence electrons. The molecule has 1 aliphatic rings. The van der Waals surface area contributed by atoms with Crippen LogP contribution < -0.4 is 15.4 Å². The standard InChI is InChI=1S/C24H19BrN2O3S/c1-30-18-13-16(12-17(25)23(18)29)21-19(22(28)15-10-6-3-7-11-15)20(26-24(31)27-21)14-8-4-2-5-9-14/h2-13,21,29H,1H3,(H2,26,27,31)/t21-/m0/s1. The molecule has 0 spiro atoms. The van der Waals surface area contributed by atoms with Crippen LogP contribution in [0.3, 0.4) is 0 Å².